The molecule has 0 aliphatic rings. The van der Waals surface area contributed by atoms with Crippen molar-refractivity contribution in [2.45, 2.75) is 19.9 Å². The van der Waals surface area contributed by atoms with Gasteiger partial charge in [-0.3, -0.25) is 4.79 Å². The van der Waals surface area contributed by atoms with Crippen molar-refractivity contribution in [3.05, 3.63) is 84.4 Å². The van der Waals surface area contributed by atoms with Crippen LogP contribution < -0.4 is 4.90 Å². The average Bonchev–Trinajstić information content (AvgIpc) is 3.33. The first-order valence-electron chi connectivity index (χ1n) is 9.53. The monoisotopic (exact) mass is 383 g/mol. The van der Waals surface area contributed by atoms with Gasteiger partial charge in [0.05, 0.1) is 6.54 Å². The molecule has 29 heavy (non-hydrogen) atoms. The van der Waals surface area contributed by atoms with Crippen LogP contribution in [0.3, 0.4) is 0 Å². The number of anilines is 1. The van der Waals surface area contributed by atoms with Gasteiger partial charge in [-0.15, -0.1) is 5.10 Å². The van der Waals surface area contributed by atoms with E-state index in [4.69, 9.17) is 0 Å². The highest BCUT2D eigenvalue weighted by Gasteiger charge is 2.16. The quantitative estimate of drug-likeness (QED) is 0.533. The van der Waals surface area contributed by atoms with E-state index >= 15 is 0 Å². The molecular formula is C23H21N5O. The lowest BCUT2D eigenvalue weighted by atomic mass is 10.0. The Morgan fingerprint density at radius 2 is 1.66 bits per heavy atom. The van der Waals surface area contributed by atoms with Crippen LogP contribution in [-0.4, -0.2) is 26.5 Å². The molecule has 4 aromatic rings. The number of H-pyrrole nitrogens is 1. The third kappa shape index (κ3) is 4.21. The van der Waals surface area contributed by atoms with Gasteiger partial charge in [-0.25, -0.2) is 5.10 Å². The van der Waals surface area contributed by atoms with Crippen LogP contribution in [0, 0.1) is 0 Å². The molecule has 6 nitrogen and oxygen atoms in total. The van der Waals surface area contributed by atoms with Crippen molar-refractivity contribution in [1.82, 2.24) is 20.6 Å². The van der Waals surface area contributed by atoms with Crippen molar-refractivity contribution >= 4 is 11.6 Å². The fourth-order valence-corrected chi connectivity index (χ4v) is 3.28. The third-order valence-electron chi connectivity index (χ3n) is 4.75. The Hall–Kier alpha value is -3.80. The lowest BCUT2D eigenvalue weighted by Crippen LogP contribution is -2.29. The lowest BCUT2D eigenvalue weighted by Gasteiger charge is -2.23. The maximum absolute atomic E-state index is 12.7. The van der Waals surface area contributed by atoms with Crippen LogP contribution >= 0.6 is 0 Å². The summed E-state index contributed by atoms with van der Waals surface area (Å²) in [6.45, 7) is 2.37. The van der Waals surface area contributed by atoms with Gasteiger partial charge in [-0.05, 0) is 45.3 Å². The third-order valence-corrected chi connectivity index (χ3v) is 4.75. The Morgan fingerprint density at radius 1 is 0.897 bits per heavy atom. The van der Waals surface area contributed by atoms with E-state index in [9.17, 15) is 4.79 Å². The number of hydrogen-bond donors (Lipinski definition) is 1. The van der Waals surface area contributed by atoms with Gasteiger partial charge in [-0.2, -0.15) is 0 Å². The molecule has 0 fully saturated rings. The van der Waals surface area contributed by atoms with E-state index in [-0.39, 0.29) is 5.91 Å². The molecule has 0 radical (unpaired) electrons. The van der Waals surface area contributed by atoms with Gasteiger partial charge < -0.3 is 4.90 Å². The molecule has 1 amide bonds. The second kappa shape index (κ2) is 8.48. The molecule has 0 aliphatic heterocycles. The van der Waals surface area contributed by atoms with E-state index in [1.807, 2.05) is 61.5 Å². The highest BCUT2D eigenvalue weighted by atomic mass is 16.2. The fourth-order valence-electron chi connectivity index (χ4n) is 3.28. The van der Waals surface area contributed by atoms with Crippen LogP contribution in [-0.2, 0) is 11.3 Å². The van der Waals surface area contributed by atoms with Crippen molar-refractivity contribution in [2.24, 2.45) is 0 Å². The van der Waals surface area contributed by atoms with E-state index in [1.165, 1.54) is 0 Å². The maximum atomic E-state index is 12.7. The first-order chi connectivity index (χ1) is 14.2. The van der Waals surface area contributed by atoms with Crippen molar-refractivity contribution in [3.63, 3.8) is 0 Å². The molecule has 0 unspecified atom stereocenters. The van der Waals surface area contributed by atoms with Gasteiger partial charge in [0.25, 0.3) is 0 Å². The molecule has 0 atom stereocenters. The largest absolute Gasteiger partial charge is 0.308 e. The molecule has 0 bridgehead atoms. The molecule has 0 saturated heterocycles. The number of tetrazole rings is 1. The summed E-state index contributed by atoms with van der Waals surface area (Å²) >= 11 is 0. The topological polar surface area (TPSA) is 74.8 Å². The zero-order valence-corrected chi connectivity index (χ0v) is 16.1. The molecule has 144 valence electrons. The standard InChI is InChI=1S/C23H21N5O/c1-2-22(29)28(21-13-7-12-20(15-21)23-24-26-27-25-23)16-17-8-6-11-19(14-17)18-9-4-3-5-10-18/h3-15H,2,16H2,1H3,(H,24,25,26,27). The minimum absolute atomic E-state index is 0.0583. The van der Waals surface area contributed by atoms with Crippen LogP contribution in [0.25, 0.3) is 22.5 Å². The number of hydrogen-bond acceptors (Lipinski definition) is 4. The van der Waals surface area contributed by atoms with E-state index in [0.29, 0.717) is 18.8 Å². The number of rotatable bonds is 6. The summed E-state index contributed by atoms with van der Waals surface area (Å²) in [6.07, 6.45) is 0.423. The molecular weight excluding hydrogens is 362 g/mol. The van der Waals surface area contributed by atoms with Gasteiger partial charge in [0.2, 0.25) is 5.91 Å². The number of nitrogens with zero attached hydrogens (tertiary/aromatic N) is 4. The second-order valence-corrected chi connectivity index (χ2v) is 6.70. The van der Waals surface area contributed by atoms with Gasteiger partial charge in [-0.1, -0.05) is 67.6 Å². The summed E-state index contributed by atoms with van der Waals surface area (Å²) in [5.74, 6) is 0.629. The summed E-state index contributed by atoms with van der Waals surface area (Å²) in [5, 5.41) is 14.0. The van der Waals surface area contributed by atoms with Crippen molar-refractivity contribution in [1.29, 1.82) is 0 Å². The number of benzene rings is 3. The minimum atomic E-state index is 0.0583. The summed E-state index contributed by atoms with van der Waals surface area (Å²) in [4.78, 5) is 14.6. The van der Waals surface area contributed by atoms with Gasteiger partial charge in [0.15, 0.2) is 5.82 Å². The van der Waals surface area contributed by atoms with Gasteiger partial charge in [0, 0.05) is 17.7 Å². The normalized spacial score (nSPS) is 10.7. The Kier molecular flexibility index (Phi) is 5.42. The zero-order chi connectivity index (χ0) is 20.1. The van der Waals surface area contributed by atoms with Crippen LogP contribution in [0.5, 0.6) is 0 Å². The average molecular weight is 383 g/mol. The maximum Gasteiger partial charge on any atom is 0.227 e. The van der Waals surface area contributed by atoms with Crippen molar-refractivity contribution in [2.75, 3.05) is 4.90 Å². The van der Waals surface area contributed by atoms with Crippen LogP contribution in [0.2, 0.25) is 0 Å². The zero-order valence-electron chi connectivity index (χ0n) is 16.1. The smallest absolute Gasteiger partial charge is 0.227 e. The predicted molar refractivity (Wildman–Crippen MR) is 113 cm³/mol. The summed E-state index contributed by atoms with van der Waals surface area (Å²) < 4.78 is 0. The Labute approximate surface area is 169 Å². The predicted octanol–water partition coefficient (Wildman–Crippen LogP) is 4.48. The number of nitrogens with one attached hydrogen (secondary N) is 1. The van der Waals surface area contributed by atoms with Crippen LogP contribution in [0.15, 0.2) is 78.9 Å². The lowest BCUT2D eigenvalue weighted by molar-refractivity contribution is -0.118. The molecule has 0 saturated carbocycles. The van der Waals surface area contributed by atoms with E-state index in [2.05, 4.69) is 44.9 Å². The van der Waals surface area contributed by atoms with Crippen molar-refractivity contribution < 1.29 is 4.79 Å². The highest BCUT2D eigenvalue weighted by molar-refractivity contribution is 5.93. The number of aromatic amines is 1. The minimum Gasteiger partial charge on any atom is -0.308 e. The van der Waals surface area contributed by atoms with Crippen LogP contribution in [0.4, 0.5) is 5.69 Å². The van der Waals surface area contributed by atoms with Crippen molar-refractivity contribution in [3.8, 4) is 22.5 Å². The molecule has 1 heterocycles. The summed E-state index contributed by atoms with van der Waals surface area (Å²) in [6, 6.07) is 26.2. The molecule has 0 aliphatic carbocycles. The van der Waals surface area contributed by atoms with Gasteiger partial charge >= 0.3 is 0 Å². The van der Waals surface area contributed by atoms with Gasteiger partial charge in [0.1, 0.15) is 0 Å². The Balaban J connectivity index is 1.66. The Morgan fingerprint density at radius 3 is 2.41 bits per heavy atom. The van der Waals surface area contributed by atoms with E-state index in [0.717, 1.165) is 27.9 Å². The summed E-state index contributed by atoms with van der Waals surface area (Å²) in [5.41, 5.74) is 5.01. The molecule has 1 N–H and O–H groups in total. The Bertz CT molecular complexity index is 1090. The summed E-state index contributed by atoms with van der Waals surface area (Å²) in [7, 11) is 0. The molecule has 6 heteroatoms. The number of aromatic nitrogens is 4. The molecule has 3 aromatic carbocycles. The second-order valence-electron chi connectivity index (χ2n) is 6.70. The first kappa shape index (κ1) is 18.6. The molecule has 4 rings (SSSR count). The van der Waals surface area contributed by atoms with E-state index in [1.54, 1.807) is 4.90 Å². The number of carbonyl (C=O) groups excluding carboxylic acids is 1. The fraction of sp³-hybridized carbons (Fsp3) is 0.130. The SMILES string of the molecule is CCC(=O)N(Cc1cccc(-c2ccccc2)c1)c1cccc(-c2nnn[nH]2)c1. The van der Waals surface area contributed by atoms with E-state index < -0.39 is 0 Å². The highest BCUT2D eigenvalue weighted by Crippen LogP contribution is 2.26. The number of amides is 1. The molecule has 1 aromatic heterocycles. The molecule has 0 spiro atoms. The number of carbonyl (C=O) groups is 1. The van der Waals surface area contributed by atoms with Crippen LogP contribution in [0.1, 0.15) is 18.9 Å². The first-order valence-corrected chi connectivity index (χ1v) is 9.53.